The summed E-state index contributed by atoms with van der Waals surface area (Å²) in [7, 11) is -4.04. The lowest BCUT2D eigenvalue weighted by Gasteiger charge is -2.13. The molecule has 0 atom stereocenters. The largest absolute Gasteiger partial charge is 0.452 e. The van der Waals surface area contributed by atoms with Crippen molar-refractivity contribution >= 4 is 27.6 Å². The van der Waals surface area contributed by atoms with E-state index in [2.05, 4.69) is 10.0 Å². The first-order valence-corrected chi connectivity index (χ1v) is 9.98. The summed E-state index contributed by atoms with van der Waals surface area (Å²) >= 11 is 0. The molecule has 2 aromatic carbocycles. The minimum atomic E-state index is -4.04. The zero-order valence-corrected chi connectivity index (χ0v) is 16.3. The van der Waals surface area contributed by atoms with Gasteiger partial charge in [0, 0.05) is 6.54 Å². The van der Waals surface area contributed by atoms with E-state index in [9.17, 15) is 22.4 Å². The second kappa shape index (κ2) is 9.32. The van der Waals surface area contributed by atoms with Crippen molar-refractivity contribution in [3.05, 3.63) is 59.9 Å². The highest BCUT2D eigenvalue weighted by molar-refractivity contribution is 7.92. The highest BCUT2D eigenvalue weighted by Crippen LogP contribution is 2.21. The summed E-state index contributed by atoms with van der Waals surface area (Å²) < 4.78 is 45.2. The fraction of sp³-hybridized carbons (Fsp3) is 0.263. The Hall–Kier alpha value is -2.94. The highest BCUT2D eigenvalue weighted by Gasteiger charge is 2.20. The van der Waals surface area contributed by atoms with Crippen molar-refractivity contribution in [2.75, 3.05) is 17.9 Å². The third kappa shape index (κ3) is 6.05. The number of hydrogen-bond acceptors (Lipinski definition) is 5. The molecular weight excluding hydrogens is 387 g/mol. The van der Waals surface area contributed by atoms with E-state index in [1.807, 2.05) is 13.8 Å². The normalized spacial score (nSPS) is 11.1. The van der Waals surface area contributed by atoms with Crippen molar-refractivity contribution in [2.24, 2.45) is 5.92 Å². The van der Waals surface area contributed by atoms with Gasteiger partial charge in [0.1, 0.15) is 5.82 Å². The van der Waals surface area contributed by atoms with Crippen LogP contribution in [0.15, 0.2) is 53.4 Å². The number of carbonyl (C=O) groups is 2. The van der Waals surface area contributed by atoms with E-state index in [0.717, 1.165) is 24.3 Å². The van der Waals surface area contributed by atoms with Crippen LogP contribution >= 0.6 is 0 Å². The number of halogens is 1. The van der Waals surface area contributed by atoms with Crippen LogP contribution in [0.25, 0.3) is 0 Å². The van der Waals surface area contributed by atoms with Crippen molar-refractivity contribution in [1.82, 2.24) is 5.32 Å². The Labute approximate surface area is 163 Å². The maximum atomic E-state index is 13.0. The molecule has 0 radical (unpaired) electrons. The molecule has 0 bridgehead atoms. The van der Waals surface area contributed by atoms with Crippen molar-refractivity contribution in [3.8, 4) is 0 Å². The highest BCUT2D eigenvalue weighted by atomic mass is 32.2. The standard InChI is InChI=1S/C19H21FN2O5S/c1-13(2)11-21-18(23)12-27-19(24)16-5-3-4-6-17(16)22-28(25,26)15-9-7-14(20)8-10-15/h3-10,13,22H,11-12H2,1-2H3,(H,21,23). The lowest BCUT2D eigenvalue weighted by atomic mass is 10.2. The maximum absolute atomic E-state index is 13.0. The van der Waals surface area contributed by atoms with E-state index in [1.54, 1.807) is 0 Å². The van der Waals surface area contributed by atoms with Crippen molar-refractivity contribution < 1.29 is 27.1 Å². The van der Waals surface area contributed by atoms with Crippen LogP contribution in [0.3, 0.4) is 0 Å². The van der Waals surface area contributed by atoms with Crippen LogP contribution in [0.2, 0.25) is 0 Å². The van der Waals surface area contributed by atoms with Gasteiger partial charge >= 0.3 is 5.97 Å². The molecule has 0 unspecified atom stereocenters. The zero-order chi connectivity index (χ0) is 20.7. The van der Waals surface area contributed by atoms with Gasteiger partial charge in [-0.05, 0) is 42.3 Å². The number of benzene rings is 2. The Morgan fingerprint density at radius 2 is 1.71 bits per heavy atom. The average molecular weight is 408 g/mol. The van der Waals surface area contributed by atoms with E-state index in [-0.39, 0.29) is 22.1 Å². The van der Waals surface area contributed by atoms with Gasteiger partial charge in [-0.1, -0.05) is 26.0 Å². The number of rotatable bonds is 8. The summed E-state index contributed by atoms with van der Waals surface area (Å²) in [4.78, 5) is 23.8. The van der Waals surface area contributed by atoms with Gasteiger partial charge in [0.25, 0.3) is 15.9 Å². The average Bonchev–Trinajstić information content (AvgIpc) is 2.65. The maximum Gasteiger partial charge on any atom is 0.340 e. The molecular formula is C19H21FN2O5S. The fourth-order valence-corrected chi connectivity index (χ4v) is 3.23. The molecule has 0 saturated heterocycles. The van der Waals surface area contributed by atoms with Gasteiger partial charge in [-0.25, -0.2) is 17.6 Å². The fourth-order valence-electron chi connectivity index (χ4n) is 2.15. The van der Waals surface area contributed by atoms with Crippen molar-refractivity contribution in [3.63, 3.8) is 0 Å². The Morgan fingerprint density at radius 3 is 2.36 bits per heavy atom. The van der Waals surface area contributed by atoms with Crippen LogP contribution in [0.1, 0.15) is 24.2 Å². The third-order valence-corrected chi connectivity index (χ3v) is 4.94. The van der Waals surface area contributed by atoms with E-state index in [4.69, 9.17) is 4.74 Å². The van der Waals surface area contributed by atoms with Crippen molar-refractivity contribution in [2.45, 2.75) is 18.7 Å². The number of amides is 1. The van der Waals surface area contributed by atoms with Crippen LogP contribution in [-0.4, -0.2) is 33.4 Å². The molecule has 7 nitrogen and oxygen atoms in total. The molecule has 9 heteroatoms. The zero-order valence-electron chi connectivity index (χ0n) is 15.4. The number of nitrogens with one attached hydrogen (secondary N) is 2. The number of sulfonamides is 1. The van der Waals surface area contributed by atoms with E-state index in [1.165, 1.54) is 24.3 Å². The van der Waals surface area contributed by atoms with E-state index in [0.29, 0.717) is 6.54 Å². The van der Waals surface area contributed by atoms with Gasteiger partial charge in [-0.3, -0.25) is 9.52 Å². The molecule has 0 fully saturated rings. The van der Waals surface area contributed by atoms with E-state index < -0.39 is 34.3 Å². The lowest BCUT2D eigenvalue weighted by molar-refractivity contribution is -0.124. The minimum absolute atomic E-state index is 0.0144. The van der Waals surface area contributed by atoms with Gasteiger partial charge in [0.2, 0.25) is 0 Å². The Morgan fingerprint density at radius 1 is 1.07 bits per heavy atom. The molecule has 1 amide bonds. The van der Waals surface area contributed by atoms with Gasteiger partial charge in [0.05, 0.1) is 16.1 Å². The van der Waals surface area contributed by atoms with Crippen LogP contribution in [0.4, 0.5) is 10.1 Å². The minimum Gasteiger partial charge on any atom is -0.452 e. The summed E-state index contributed by atoms with van der Waals surface area (Å²) in [5, 5.41) is 2.61. The van der Waals surface area contributed by atoms with Crippen LogP contribution in [0.5, 0.6) is 0 Å². The number of para-hydroxylation sites is 1. The van der Waals surface area contributed by atoms with Gasteiger partial charge < -0.3 is 10.1 Å². The van der Waals surface area contributed by atoms with Gasteiger partial charge in [0.15, 0.2) is 6.61 Å². The molecule has 0 aliphatic rings. The first kappa shape index (κ1) is 21.4. The number of ether oxygens (including phenoxy) is 1. The molecule has 2 N–H and O–H groups in total. The predicted octanol–water partition coefficient (Wildman–Crippen LogP) is 2.56. The summed E-state index contributed by atoms with van der Waals surface area (Å²) in [6, 6.07) is 10.1. The second-order valence-electron chi connectivity index (χ2n) is 6.38. The number of esters is 1. The molecule has 28 heavy (non-hydrogen) atoms. The van der Waals surface area contributed by atoms with Crippen LogP contribution < -0.4 is 10.0 Å². The van der Waals surface area contributed by atoms with Gasteiger partial charge in [-0.15, -0.1) is 0 Å². The lowest BCUT2D eigenvalue weighted by Crippen LogP contribution is -2.31. The summed E-state index contributed by atoms with van der Waals surface area (Å²) in [6.07, 6.45) is 0. The summed E-state index contributed by atoms with van der Waals surface area (Å²) in [6.45, 7) is 3.82. The molecule has 0 heterocycles. The Balaban J connectivity index is 2.10. The van der Waals surface area contributed by atoms with Gasteiger partial charge in [-0.2, -0.15) is 0 Å². The van der Waals surface area contributed by atoms with Crippen LogP contribution in [0, 0.1) is 11.7 Å². The second-order valence-corrected chi connectivity index (χ2v) is 8.06. The number of anilines is 1. The summed E-state index contributed by atoms with van der Waals surface area (Å²) in [5.74, 6) is -1.62. The number of hydrogen-bond donors (Lipinski definition) is 2. The molecule has 0 spiro atoms. The quantitative estimate of drug-likeness (QED) is 0.654. The Kier molecular flexibility index (Phi) is 7.11. The monoisotopic (exact) mass is 408 g/mol. The molecule has 2 rings (SSSR count). The van der Waals surface area contributed by atoms with Crippen LogP contribution in [-0.2, 0) is 19.6 Å². The predicted molar refractivity (Wildman–Crippen MR) is 102 cm³/mol. The van der Waals surface area contributed by atoms with Crippen molar-refractivity contribution in [1.29, 1.82) is 0 Å². The Bertz CT molecular complexity index is 943. The first-order valence-electron chi connectivity index (χ1n) is 8.50. The summed E-state index contributed by atoms with van der Waals surface area (Å²) in [5.41, 5.74) is -0.0655. The molecule has 0 saturated carbocycles. The van der Waals surface area contributed by atoms with E-state index >= 15 is 0 Å². The molecule has 150 valence electrons. The topological polar surface area (TPSA) is 102 Å². The molecule has 2 aromatic rings. The smallest absolute Gasteiger partial charge is 0.340 e. The molecule has 0 aliphatic carbocycles. The third-order valence-electron chi connectivity index (χ3n) is 3.56. The first-order chi connectivity index (χ1) is 13.2. The molecule has 0 aliphatic heterocycles. The molecule has 0 aromatic heterocycles. The number of carbonyl (C=O) groups excluding carboxylic acids is 2. The SMILES string of the molecule is CC(C)CNC(=O)COC(=O)c1ccccc1NS(=O)(=O)c1ccc(F)cc1.